The van der Waals surface area contributed by atoms with E-state index in [0.717, 1.165) is 24.3 Å². The van der Waals surface area contributed by atoms with Gasteiger partial charge in [-0.05, 0) is 12.5 Å². The number of carbonyl (C=O) groups excluding carboxylic acids is 1. The average Bonchev–Trinajstić information content (AvgIpc) is 3.18. The fraction of sp³-hybridized carbons (Fsp3) is 0.400. The van der Waals surface area contributed by atoms with Crippen LogP contribution in [0.25, 0.3) is 0 Å². The normalized spacial score (nSPS) is 18.0. The fourth-order valence-electron chi connectivity index (χ4n) is 2.68. The lowest BCUT2D eigenvalue weighted by molar-refractivity contribution is -0.129. The van der Waals surface area contributed by atoms with Crippen LogP contribution < -0.4 is 4.74 Å². The molecule has 1 atom stereocenters. The highest BCUT2D eigenvalue weighted by molar-refractivity contribution is 5.79. The summed E-state index contributed by atoms with van der Waals surface area (Å²) >= 11 is 0. The van der Waals surface area contributed by atoms with Gasteiger partial charge in [-0.25, -0.2) is 0 Å². The van der Waals surface area contributed by atoms with Crippen LogP contribution in [0.3, 0.4) is 0 Å². The Hall–Kier alpha value is -2.37. The molecule has 2 heterocycles. The topological polar surface area (TPSA) is 68.5 Å². The predicted molar refractivity (Wildman–Crippen MR) is 74.9 cm³/mol. The summed E-state index contributed by atoms with van der Waals surface area (Å²) in [4.78, 5) is 18.3. The van der Waals surface area contributed by atoms with Crippen molar-refractivity contribution in [3.05, 3.63) is 42.0 Å². The molecule has 0 radical (unpaired) electrons. The Morgan fingerprint density at radius 2 is 2.33 bits per heavy atom. The SMILES string of the molecule is COc1ccccc1CC(=O)N1CC[C@H](c2ncon2)C1. The van der Waals surface area contributed by atoms with E-state index in [0.29, 0.717) is 18.8 Å². The van der Waals surface area contributed by atoms with Crippen molar-refractivity contribution in [3.63, 3.8) is 0 Å². The Labute approximate surface area is 122 Å². The van der Waals surface area contributed by atoms with Crippen molar-refractivity contribution in [1.82, 2.24) is 15.0 Å². The van der Waals surface area contributed by atoms with E-state index in [4.69, 9.17) is 9.26 Å². The number of ether oxygens (including phenoxy) is 1. The zero-order valence-electron chi connectivity index (χ0n) is 11.9. The van der Waals surface area contributed by atoms with E-state index >= 15 is 0 Å². The Bertz CT molecular complexity index is 612. The molecule has 0 unspecified atom stereocenters. The van der Waals surface area contributed by atoms with Crippen molar-refractivity contribution in [2.24, 2.45) is 0 Å². The lowest BCUT2D eigenvalue weighted by atomic mass is 10.1. The third-order valence-electron chi connectivity index (χ3n) is 3.82. The Kier molecular flexibility index (Phi) is 3.85. The molecule has 1 aromatic carbocycles. The summed E-state index contributed by atoms with van der Waals surface area (Å²) in [7, 11) is 1.62. The third-order valence-corrected chi connectivity index (χ3v) is 3.82. The van der Waals surface area contributed by atoms with Gasteiger partial charge in [0.25, 0.3) is 0 Å². The number of amides is 1. The van der Waals surface area contributed by atoms with Crippen molar-refractivity contribution < 1.29 is 14.1 Å². The van der Waals surface area contributed by atoms with Gasteiger partial charge in [0, 0.05) is 24.6 Å². The van der Waals surface area contributed by atoms with Crippen LogP contribution in [0.5, 0.6) is 5.75 Å². The van der Waals surface area contributed by atoms with Crippen LogP contribution in [0.15, 0.2) is 35.2 Å². The average molecular weight is 287 g/mol. The zero-order chi connectivity index (χ0) is 14.7. The molecule has 1 amide bonds. The molecule has 3 rings (SSSR count). The Morgan fingerprint density at radius 3 is 3.10 bits per heavy atom. The molecule has 0 N–H and O–H groups in total. The highest BCUT2D eigenvalue weighted by Gasteiger charge is 2.30. The molecule has 0 saturated carbocycles. The minimum absolute atomic E-state index is 0.102. The fourth-order valence-corrected chi connectivity index (χ4v) is 2.68. The van der Waals surface area contributed by atoms with E-state index in [1.165, 1.54) is 6.39 Å². The second-order valence-electron chi connectivity index (χ2n) is 5.10. The van der Waals surface area contributed by atoms with Gasteiger partial charge < -0.3 is 14.2 Å². The van der Waals surface area contributed by atoms with Crippen molar-refractivity contribution in [1.29, 1.82) is 0 Å². The third kappa shape index (κ3) is 2.89. The molecule has 1 saturated heterocycles. The van der Waals surface area contributed by atoms with Gasteiger partial charge in [-0.3, -0.25) is 4.79 Å². The first-order chi connectivity index (χ1) is 10.3. The minimum atomic E-state index is 0.102. The lowest BCUT2D eigenvalue weighted by Crippen LogP contribution is -2.30. The molecule has 0 spiro atoms. The number of likely N-dealkylation sites (tertiary alicyclic amines) is 1. The maximum atomic E-state index is 12.4. The standard InChI is InChI=1S/C15H17N3O3/c1-20-13-5-3-2-4-11(13)8-14(19)18-7-6-12(9-18)15-16-10-21-17-15/h2-5,10,12H,6-9H2,1H3/t12-/m0/s1. The summed E-state index contributed by atoms with van der Waals surface area (Å²) in [5, 5.41) is 3.86. The van der Waals surface area contributed by atoms with Crippen molar-refractivity contribution in [2.45, 2.75) is 18.8 Å². The lowest BCUT2D eigenvalue weighted by Gasteiger charge is -2.17. The summed E-state index contributed by atoms with van der Waals surface area (Å²) in [6, 6.07) is 7.60. The number of benzene rings is 1. The smallest absolute Gasteiger partial charge is 0.227 e. The predicted octanol–water partition coefficient (Wildman–Crippen LogP) is 1.64. The van der Waals surface area contributed by atoms with Crippen LogP contribution in [0.2, 0.25) is 0 Å². The number of hydrogen-bond acceptors (Lipinski definition) is 5. The first-order valence-electron chi connectivity index (χ1n) is 6.94. The second-order valence-corrected chi connectivity index (χ2v) is 5.10. The molecular weight excluding hydrogens is 270 g/mol. The number of nitrogens with zero attached hydrogens (tertiary/aromatic N) is 3. The first-order valence-corrected chi connectivity index (χ1v) is 6.94. The molecule has 110 valence electrons. The Balaban J connectivity index is 1.64. The number of aromatic nitrogens is 2. The van der Waals surface area contributed by atoms with E-state index in [-0.39, 0.29) is 11.8 Å². The number of methoxy groups -OCH3 is 1. The molecule has 1 fully saturated rings. The Morgan fingerprint density at radius 1 is 1.48 bits per heavy atom. The van der Waals surface area contributed by atoms with Crippen molar-refractivity contribution >= 4 is 5.91 Å². The molecule has 2 aromatic rings. The maximum Gasteiger partial charge on any atom is 0.227 e. The van der Waals surface area contributed by atoms with E-state index in [1.807, 2.05) is 29.2 Å². The van der Waals surface area contributed by atoms with Crippen LogP contribution in [0.1, 0.15) is 23.7 Å². The number of para-hydroxylation sites is 1. The van der Waals surface area contributed by atoms with E-state index in [9.17, 15) is 4.79 Å². The number of rotatable bonds is 4. The van der Waals surface area contributed by atoms with Gasteiger partial charge in [0.1, 0.15) is 5.75 Å². The molecule has 21 heavy (non-hydrogen) atoms. The van der Waals surface area contributed by atoms with E-state index in [2.05, 4.69) is 10.1 Å². The molecule has 0 aliphatic carbocycles. The zero-order valence-corrected chi connectivity index (χ0v) is 11.9. The molecule has 6 nitrogen and oxygen atoms in total. The van der Waals surface area contributed by atoms with Crippen LogP contribution >= 0.6 is 0 Å². The van der Waals surface area contributed by atoms with Gasteiger partial charge in [-0.2, -0.15) is 4.98 Å². The molecule has 0 bridgehead atoms. The first kappa shape index (κ1) is 13.6. The maximum absolute atomic E-state index is 12.4. The van der Waals surface area contributed by atoms with E-state index < -0.39 is 0 Å². The number of hydrogen-bond donors (Lipinski definition) is 0. The summed E-state index contributed by atoms with van der Waals surface area (Å²) in [6.07, 6.45) is 2.55. The molecular formula is C15H17N3O3. The minimum Gasteiger partial charge on any atom is -0.496 e. The van der Waals surface area contributed by atoms with Crippen LogP contribution in [0.4, 0.5) is 0 Å². The summed E-state index contributed by atoms with van der Waals surface area (Å²) in [5.41, 5.74) is 0.910. The molecule has 6 heteroatoms. The monoisotopic (exact) mass is 287 g/mol. The van der Waals surface area contributed by atoms with E-state index in [1.54, 1.807) is 7.11 Å². The van der Waals surface area contributed by atoms with Crippen molar-refractivity contribution in [2.75, 3.05) is 20.2 Å². The number of carbonyl (C=O) groups is 1. The highest BCUT2D eigenvalue weighted by Crippen LogP contribution is 2.26. The summed E-state index contributed by atoms with van der Waals surface area (Å²) < 4.78 is 10.1. The molecule has 1 aliphatic heterocycles. The van der Waals surface area contributed by atoms with Gasteiger partial charge in [-0.15, -0.1) is 0 Å². The largest absolute Gasteiger partial charge is 0.496 e. The molecule has 1 aromatic heterocycles. The van der Waals surface area contributed by atoms with Gasteiger partial charge in [0.15, 0.2) is 5.82 Å². The van der Waals surface area contributed by atoms with Gasteiger partial charge >= 0.3 is 0 Å². The van der Waals surface area contributed by atoms with Crippen LogP contribution in [0, 0.1) is 0 Å². The van der Waals surface area contributed by atoms with Gasteiger partial charge in [0.2, 0.25) is 12.3 Å². The summed E-state index contributed by atoms with van der Waals surface area (Å²) in [5.74, 6) is 1.71. The highest BCUT2D eigenvalue weighted by atomic mass is 16.5. The van der Waals surface area contributed by atoms with Crippen LogP contribution in [-0.2, 0) is 11.2 Å². The second kappa shape index (κ2) is 5.95. The quantitative estimate of drug-likeness (QED) is 0.855. The van der Waals surface area contributed by atoms with Gasteiger partial charge in [0.05, 0.1) is 13.5 Å². The summed E-state index contributed by atoms with van der Waals surface area (Å²) in [6.45, 7) is 1.38. The van der Waals surface area contributed by atoms with Crippen LogP contribution in [-0.4, -0.2) is 41.1 Å². The van der Waals surface area contributed by atoms with Gasteiger partial charge in [-0.1, -0.05) is 23.4 Å². The van der Waals surface area contributed by atoms with Crippen molar-refractivity contribution in [3.8, 4) is 5.75 Å². The molecule has 1 aliphatic rings.